The van der Waals surface area contributed by atoms with E-state index in [1.54, 1.807) is 0 Å². The highest BCUT2D eigenvalue weighted by Crippen LogP contribution is 2.18. The van der Waals surface area contributed by atoms with Crippen LogP contribution in [0.15, 0.2) is 24.3 Å². The van der Waals surface area contributed by atoms with Crippen molar-refractivity contribution in [3.8, 4) is 0 Å². The highest BCUT2D eigenvalue weighted by Gasteiger charge is 2.43. The van der Waals surface area contributed by atoms with Crippen molar-refractivity contribution >= 4 is 12.0 Å². The number of aryl methyl sites for hydroxylation is 1. The molecule has 1 atom stereocenters. The number of carbonyl (C=O) groups is 2. The molecule has 1 aromatic carbocycles. The number of amides is 2. The summed E-state index contributed by atoms with van der Waals surface area (Å²) in [6.45, 7) is 2.65. The number of carboxylic acid groups (broad SMARTS) is 1. The van der Waals surface area contributed by atoms with Crippen LogP contribution in [0.5, 0.6) is 0 Å². The lowest BCUT2D eigenvalue weighted by Crippen LogP contribution is -2.57. The number of benzene rings is 1. The maximum absolute atomic E-state index is 11.9. The minimum atomic E-state index is -1.31. The molecule has 0 aromatic heterocycles. The van der Waals surface area contributed by atoms with Crippen molar-refractivity contribution in [1.29, 1.82) is 0 Å². The molecule has 1 fully saturated rings. The van der Waals surface area contributed by atoms with E-state index in [1.807, 2.05) is 31.2 Å². The van der Waals surface area contributed by atoms with Crippen LogP contribution in [0.1, 0.15) is 17.5 Å². The molecular weight excluding hydrogens is 260 g/mol. The Balaban J connectivity index is 1.92. The van der Waals surface area contributed by atoms with E-state index in [0.29, 0.717) is 13.2 Å². The predicted molar refractivity (Wildman–Crippen MR) is 72.4 cm³/mol. The monoisotopic (exact) mass is 278 g/mol. The number of hydrogen-bond acceptors (Lipinski definition) is 3. The highest BCUT2D eigenvalue weighted by atomic mass is 16.5. The number of ether oxygens (including phenoxy) is 1. The maximum Gasteiger partial charge on any atom is 0.332 e. The third kappa shape index (κ3) is 3.08. The van der Waals surface area contributed by atoms with Gasteiger partial charge in [-0.3, -0.25) is 0 Å². The fourth-order valence-electron chi connectivity index (χ4n) is 2.13. The van der Waals surface area contributed by atoms with Crippen LogP contribution in [-0.4, -0.2) is 35.9 Å². The van der Waals surface area contributed by atoms with Gasteiger partial charge in [-0.15, -0.1) is 0 Å². The molecule has 1 aliphatic heterocycles. The summed E-state index contributed by atoms with van der Waals surface area (Å²) >= 11 is 0. The van der Waals surface area contributed by atoms with Gasteiger partial charge >= 0.3 is 12.0 Å². The van der Waals surface area contributed by atoms with Gasteiger partial charge in [-0.1, -0.05) is 24.3 Å². The van der Waals surface area contributed by atoms with Crippen LogP contribution < -0.4 is 10.6 Å². The zero-order valence-electron chi connectivity index (χ0n) is 11.3. The smallest absolute Gasteiger partial charge is 0.332 e. The summed E-state index contributed by atoms with van der Waals surface area (Å²) in [4.78, 5) is 23.1. The fraction of sp³-hybridized carbons (Fsp3) is 0.429. The summed E-state index contributed by atoms with van der Waals surface area (Å²) in [6, 6.07) is 7.19. The topological polar surface area (TPSA) is 87.7 Å². The van der Waals surface area contributed by atoms with Gasteiger partial charge in [-0.05, 0) is 18.1 Å². The van der Waals surface area contributed by atoms with Gasteiger partial charge in [0.1, 0.15) is 0 Å². The molecule has 0 bridgehead atoms. The first-order valence-corrected chi connectivity index (χ1v) is 6.45. The van der Waals surface area contributed by atoms with Crippen molar-refractivity contribution in [3.63, 3.8) is 0 Å². The van der Waals surface area contributed by atoms with Gasteiger partial charge in [-0.2, -0.15) is 0 Å². The average Bonchev–Trinajstić information content (AvgIpc) is 2.88. The molecular formula is C14H18N2O4. The Bertz CT molecular complexity index is 510. The van der Waals surface area contributed by atoms with E-state index < -0.39 is 17.5 Å². The third-order valence-electron chi connectivity index (χ3n) is 3.48. The Morgan fingerprint density at radius 2 is 2.15 bits per heavy atom. The first-order valence-electron chi connectivity index (χ1n) is 6.45. The van der Waals surface area contributed by atoms with E-state index in [0.717, 1.165) is 11.1 Å². The largest absolute Gasteiger partial charge is 0.479 e. The molecule has 2 rings (SSSR count). The molecule has 2 amide bonds. The number of aliphatic carboxylic acids is 1. The molecule has 0 saturated carbocycles. The molecule has 1 aliphatic rings. The molecule has 3 N–H and O–H groups in total. The summed E-state index contributed by atoms with van der Waals surface area (Å²) < 4.78 is 5.08. The average molecular weight is 278 g/mol. The Morgan fingerprint density at radius 1 is 1.40 bits per heavy atom. The number of carboxylic acids is 1. The van der Waals surface area contributed by atoms with Crippen molar-refractivity contribution in [3.05, 3.63) is 35.4 Å². The predicted octanol–water partition coefficient (Wildman–Crippen LogP) is 1.04. The maximum atomic E-state index is 11.9. The van der Waals surface area contributed by atoms with Gasteiger partial charge in [0.2, 0.25) is 0 Å². The van der Waals surface area contributed by atoms with Crippen molar-refractivity contribution in [2.45, 2.75) is 25.4 Å². The Labute approximate surface area is 117 Å². The van der Waals surface area contributed by atoms with Crippen molar-refractivity contribution in [1.82, 2.24) is 10.6 Å². The number of rotatable bonds is 4. The Morgan fingerprint density at radius 3 is 2.75 bits per heavy atom. The second-order valence-electron chi connectivity index (χ2n) is 4.92. The molecule has 0 aliphatic carbocycles. The number of urea groups is 1. The molecule has 1 unspecified atom stereocenters. The standard InChI is InChI=1S/C14H18N2O4/c1-10-4-2-3-5-11(10)8-15-13(19)16-14(12(17)18)6-7-20-9-14/h2-5H,6-9H2,1H3,(H,17,18)(H2,15,16,19). The van der Waals surface area contributed by atoms with E-state index in [1.165, 1.54) is 0 Å². The quantitative estimate of drug-likeness (QED) is 0.768. The van der Waals surface area contributed by atoms with Gasteiger partial charge in [-0.25, -0.2) is 9.59 Å². The number of nitrogens with one attached hydrogen (secondary N) is 2. The zero-order chi connectivity index (χ0) is 14.6. The lowest BCUT2D eigenvalue weighted by atomic mass is 9.99. The van der Waals surface area contributed by atoms with E-state index in [-0.39, 0.29) is 13.0 Å². The molecule has 6 nitrogen and oxygen atoms in total. The minimum Gasteiger partial charge on any atom is -0.479 e. The summed E-state index contributed by atoms with van der Waals surface area (Å²) in [5.74, 6) is -1.07. The minimum absolute atomic E-state index is 0.000117. The molecule has 0 radical (unpaired) electrons. The molecule has 20 heavy (non-hydrogen) atoms. The summed E-state index contributed by atoms with van der Waals surface area (Å²) in [5.41, 5.74) is 0.759. The lowest BCUT2D eigenvalue weighted by molar-refractivity contribution is -0.144. The van der Waals surface area contributed by atoms with Crippen LogP contribution in [-0.2, 0) is 16.1 Å². The number of hydrogen-bond donors (Lipinski definition) is 3. The Hall–Kier alpha value is -2.08. The highest BCUT2D eigenvalue weighted by molar-refractivity contribution is 5.86. The van der Waals surface area contributed by atoms with Crippen molar-refractivity contribution < 1.29 is 19.4 Å². The summed E-state index contributed by atoms with van der Waals surface area (Å²) in [7, 11) is 0. The van der Waals surface area contributed by atoms with Crippen LogP contribution in [0, 0.1) is 6.92 Å². The van der Waals surface area contributed by atoms with Crippen LogP contribution in [0.25, 0.3) is 0 Å². The SMILES string of the molecule is Cc1ccccc1CNC(=O)NC1(C(=O)O)CCOC1. The van der Waals surface area contributed by atoms with E-state index in [2.05, 4.69) is 10.6 Å². The van der Waals surface area contributed by atoms with E-state index in [9.17, 15) is 14.7 Å². The number of carbonyl (C=O) groups excluding carboxylic acids is 1. The van der Waals surface area contributed by atoms with Crippen molar-refractivity contribution in [2.75, 3.05) is 13.2 Å². The molecule has 108 valence electrons. The van der Waals surface area contributed by atoms with Gasteiger partial charge < -0.3 is 20.5 Å². The zero-order valence-corrected chi connectivity index (χ0v) is 11.3. The molecule has 1 heterocycles. The fourth-order valence-corrected chi connectivity index (χ4v) is 2.13. The van der Waals surface area contributed by atoms with Gasteiger partial charge in [0.05, 0.1) is 6.61 Å². The van der Waals surface area contributed by atoms with Gasteiger partial charge in [0, 0.05) is 19.6 Å². The first-order chi connectivity index (χ1) is 9.53. The van der Waals surface area contributed by atoms with E-state index >= 15 is 0 Å². The second kappa shape index (κ2) is 5.92. The van der Waals surface area contributed by atoms with Crippen molar-refractivity contribution in [2.24, 2.45) is 0 Å². The molecule has 1 saturated heterocycles. The summed E-state index contributed by atoms with van der Waals surface area (Å²) in [6.07, 6.45) is 0.278. The van der Waals surface area contributed by atoms with Gasteiger partial charge in [0.15, 0.2) is 5.54 Å². The van der Waals surface area contributed by atoms with Crippen LogP contribution in [0.4, 0.5) is 4.79 Å². The van der Waals surface area contributed by atoms with Crippen LogP contribution in [0.3, 0.4) is 0 Å². The molecule has 0 spiro atoms. The van der Waals surface area contributed by atoms with Crippen LogP contribution in [0.2, 0.25) is 0 Å². The summed E-state index contributed by atoms with van der Waals surface area (Å²) in [5, 5.41) is 14.4. The van der Waals surface area contributed by atoms with Gasteiger partial charge in [0.25, 0.3) is 0 Å². The second-order valence-corrected chi connectivity index (χ2v) is 4.92. The third-order valence-corrected chi connectivity index (χ3v) is 3.48. The normalized spacial score (nSPS) is 21.4. The van der Waals surface area contributed by atoms with Crippen LogP contribution >= 0.6 is 0 Å². The Kier molecular flexibility index (Phi) is 4.24. The molecule has 6 heteroatoms. The lowest BCUT2D eigenvalue weighted by Gasteiger charge is -2.23. The first kappa shape index (κ1) is 14.3. The van der Waals surface area contributed by atoms with E-state index in [4.69, 9.17) is 4.74 Å². The molecule has 1 aromatic rings.